The van der Waals surface area contributed by atoms with Crippen LogP contribution >= 0.6 is 0 Å². The third-order valence-electron chi connectivity index (χ3n) is 6.23. The fourth-order valence-corrected chi connectivity index (χ4v) is 4.27. The van der Waals surface area contributed by atoms with Crippen LogP contribution in [0, 0.1) is 11.3 Å². The van der Waals surface area contributed by atoms with Crippen LogP contribution in [0.5, 0.6) is 0 Å². The normalized spacial score (nSPS) is 29.4. The van der Waals surface area contributed by atoms with Crippen LogP contribution in [0.4, 0.5) is 0 Å². The molecule has 1 spiro atoms. The first-order valence-electron chi connectivity index (χ1n) is 9.39. The van der Waals surface area contributed by atoms with Gasteiger partial charge in [-0.3, -0.25) is 4.79 Å². The number of amides is 1. The Hall–Kier alpha value is -2.24. The Morgan fingerprint density at radius 2 is 1.88 bits per heavy atom. The van der Waals surface area contributed by atoms with Gasteiger partial charge in [-0.1, -0.05) is 30.3 Å². The molecule has 3 saturated carbocycles. The quantitative estimate of drug-likeness (QED) is 0.931. The molecule has 130 valence electrons. The van der Waals surface area contributed by atoms with Gasteiger partial charge < -0.3 is 5.32 Å². The summed E-state index contributed by atoms with van der Waals surface area (Å²) in [4.78, 5) is 14.1. The topological polar surface area (TPSA) is 72.7 Å². The Balaban J connectivity index is 1.16. The fourth-order valence-electron chi connectivity index (χ4n) is 4.27. The van der Waals surface area contributed by atoms with Gasteiger partial charge >= 0.3 is 0 Å². The number of benzene rings is 1. The molecule has 25 heavy (non-hydrogen) atoms. The summed E-state index contributed by atoms with van der Waals surface area (Å²) in [5.41, 5.74) is 1.44. The minimum Gasteiger partial charge on any atom is -0.353 e. The average Bonchev–Trinajstić information content (AvgIpc) is 3.54. The number of tetrazole rings is 1. The van der Waals surface area contributed by atoms with E-state index in [1.54, 1.807) is 4.80 Å². The summed E-state index contributed by atoms with van der Waals surface area (Å²) >= 11 is 0. The van der Waals surface area contributed by atoms with Gasteiger partial charge in [0.2, 0.25) is 11.7 Å². The van der Waals surface area contributed by atoms with Crippen molar-refractivity contribution in [2.45, 2.75) is 57.0 Å². The predicted octanol–water partition coefficient (Wildman–Crippen LogP) is 2.74. The van der Waals surface area contributed by atoms with Crippen LogP contribution in [0.2, 0.25) is 0 Å². The van der Waals surface area contributed by atoms with Crippen molar-refractivity contribution < 1.29 is 4.79 Å². The second-order valence-corrected chi connectivity index (χ2v) is 7.93. The van der Waals surface area contributed by atoms with Crippen LogP contribution in [-0.2, 0) is 4.79 Å². The maximum absolute atomic E-state index is 12.3. The lowest BCUT2D eigenvalue weighted by atomic mass is 9.91. The van der Waals surface area contributed by atoms with E-state index in [2.05, 4.69) is 20.7 Å². The molecule has 2 aromatic rings. The molecule has 0 saturated heterocycles. The predicted molar refractivity (Wildman–Crippen MR) is 92.5 cm³/mol. The molecule has 1 atom stereocenters. The maximum atomic E-state index is 12.3. The zero-order valence-electron chi connectivity index (χ0n) is 14.3. The van der Waals surface area contributed by atoms with Gasteiger partial charge in [-0.2, -0.15) is 4.80 Å². The molecule has 1 N–H and O–H groups in total. The van der Waals surface area contributed by atoms with Gasteiger partial charge in [0.05, 0.1) is 6.04 Å². The highest BCUT2D eigenvalue weighted by Crippen LogP contribution is 2.70. The van der Waals surface area contributed by atoms with Gasteiger partial charge in [-0.15, -0.1) is 10.2 Å². The molecule has 0 radical (unpaired) electrons. The van der Waals surface area contributed by atoms with Crippen molar-refractivity contribution in [1.82, 2.24) is 25.5 Å². The zero-order chi connectivity index (χ0) is 16.9. The molecule has 3 aliphatic rings. The number of aromatic nitrogens is 4. The van der Waals surface area contributed by atoms with Gasteiger partial charge in [-0.05, 0) is 55.6 Å². The first-order valence-corrected chi connectivity index (χ1v) is 9.39. The molecule has 1 aromatic heterocycles. The summed E-state index contributed by atoms with van der Waals surface area (Å²) in [5.74, 6) is 1.29. The molecular weight excluding hydrogens is 314 g/mol. The largest absolute Gasteiger partial charge is 0.353 e. The summed E-state index contributed by atoms with van der Waals surface area (Å²) in [7, 11) is 0. The molecule has 5 rings (SSSR count). The summed E-state index contributed by atoms with van der Waals surface area (Å²) in [5, 5.41) is 16.3. The molecule has 0 aliphatic heterocycles. The zero-order valence-corrected chi connectivity index (χ0v) is 14.3. The van der Waals surface area contributed by atoms with Crippen molar-refractivity contribution >= 4 is 5.91 Å². The fraction of sp³-hybridized carbons (Fsp3) is 0.579. The van der Waals surface area contributed by atoms with E-state index in [4.69, 9.17) is 0 Å². The lowest BCUT2D eigenvalue weighted by Crippen LogP contribution is -2.39. The minimum absolute atomic E-state index is 0.286. The number of rotatable bonds is 4. The Morgan fingerprint density at radius 1 is 1.12 bits per heavy atom. The van der Waals surface area contributed by atoms with Crippen molar-refractivity contribution in [2.75, 3.05) is 0 Å². The first-order chi connectivity index (χ1) is 12.2. The van der Waals surface area contributed by atoms with Gasteiger partial charge in [0.15, 0.2) is 0 Å². The molecule has 3 fully saturated rings. The van der Waals surface area contributed by atoms with Crippen LogP contribution in [0.1, 0.15) is 51.0 Å². The molecule has 6 heteroatoms. The monoisotopic (exact) mass is 337 g/mol. The van der Waals surface area contributed by atoms with Gasteiger partial charge in [0.25, 0.3) is 0 Å². The number of hydrogen-bond acceptors (Lipinski definition) is 4. The van der Waals surface area contributed by atoms with Gasteiger partial charge in [-0.25, -0.2) is 0 Å². The summed E-state index contributed by atoms with van der Waals surface area (Å²) in [6.07, 6.45) is 7.63. The smallest absolute Gasteiger partial charge is 0.223 e. The average molecular weight is 337 g/mol. The van der Waals surface area contributed by atoms with E-state index in [9.17, 15) is 4.79 Å². The minimum atomic E-state index is 0.286. The highest BCUT2D eigenvalue weighted by molar-refractivity contribution is 5.83. The Kier molecular flexibility index (Phi) is 3.40. The second kappa shape index (κ2) is 5.64. The number of nitrogens with zero attached hydrogens (tertiary/aromatic N) is 4. The summed E-state index contributed by atoms with van der Waals surface area (Å²) in [6, 6.07) is 10.5. The highest BCUT2D eigenvalue weighted by Gasteiger charge is 2.65. The van der Waals surface area contributed by atoms with Crippen LogP contribution in [-0.4, -0.2) is 32.2 Å². The standard InChI is InChI=1S/C19H23N5O/c25-18(16-12-19(16)10-11-19)20-14-6-8-15(9-7-14)24-22-17(21-23-24)13-4-2-1-3-5-13/h1-5,14-16H,6-12H2,(H,20,25). The maximum Gasteiger partial charge on any atom is 0.223 e. The van der Waals surface area contributed by atoms with Crippen molar-refractivity contribution in [3.05, 3.63) is 30.3 Å². The Labute approximate surface area is 147 Å². The lowest BCUT2D eigenvalue weighted by Gasteiger charge is -2.28. The molecule has 1 unspecified atom stereocenters. The molecular formula is C19H23N5O. The molecule has 6 nitrogen and oxygen atoms in total. The van der Waals surface area contributed by atoms with Crippen LogP contribution < -0.4 is 5.32 Å². The highest BCUT2D eigenvalue weighted by atomic mass is 16.2. The van der Waals surface area contributed by atoms with E-state index >= 15 is 0 Å². The van der Waals surface area contributed by atoms with E-state index in [1.807, 2.05) is 30.3 Å². The molecule has 0 bridgehead atoms. The van der Waals surface area contributed by atoms with Crippen LogP contribution in [0.15, 0.2) is 30.3 Å². The van der Waals surface area contributed by atoms with Crippen molar-refractivity contribution in [1.29, 1.82) is 0 Å². The number of carbonyl (C=O) groups excluding carboxylic acids is 1. The van der Waals surface area contributed by atoms with Crippen LogP contribution in [0.25, 0.3) is 11.4 Å². The van der Waals surface area contributed by atoms with Gasteiger partial charge in [0, 0.05) is 17.5 Å². The lowest BCUT2D eigenvalue weighted by molar-refractivity contribution is -0.123. The van der Waals surface area contributed by atoms with Gasteiger partial charge in [0.1, 0.15) is 0 Å². The molecule has 1 heterocycles. The van der Waals surface area contributed by atoms with Crippen LogP contribution in [0.3, 0.4) is 0 Å². The number of nitrogens with one attached hydrogen (secondary N) is 1. The number of carbonyl (C=O) groups is 1. The summed E-state index contributed by atoms with van der Waals surface area (Å²) in [6.45, 7) is 0. The Morgan fingerprint density at radius 3 is 2.56 bits per heavy atom. The van der Waals surface area contributed by atoms with Crippen molar-refractivity contribution in [3.8, 4) is 11.4 Å². The SMILES string of the molecule is O=C(NC1CCC(n2nnc(-c3ccccc3)n2)CC1)C1CC12CC2. The molecule has 1 amide bonds. The van der Waals surface area contributed by atoms with Crippen molar-refractivity contribution in [3.63, 3.8) is 0 Å². The van der Waals surface area contributed by atoms with E-state index in [-0.39, 0.29) is 6.04 Å². The third kappa shape index (κ3) is 2.83. The molecule has 1 aromatic carbocycles. The first kappa shape index (κ1) is 15.0. The second-order valence-electron chi connectivity index (χ2n) is 7.93. The Bertz CT molecular complexity index is 774. The van der Waals surface area contributed by atoms with E-state index < -0.39 is 0 Å². The number of hydrogen-bond donors (Lipinski definition) is 1. The van der Waals surface area contributed by atoms with E-state index in [0.717, 1.165) is 37.7 Å². The van der Waals surface area contributed by atoms with Crippen molar-refractivity contribution in [2.24, 2.45) is 11.3 Å². The summed E-state index contributed by atoms with van der Waals surface area (Å²) < 4.78 is 0. The molecule has 3 aliphatic carbocycles. The van der Waals surface area contributed by atoms with E-state index in [0.29, 0.717) is 29.1 Å². The van der Waals surface area contributed by atoms with E-state index in [1.165, 1.54) is 12.8 Å². The third-order valence-corrected chi connectivity index (χ3v) is 6.23.